The molecule has 2 N–H and O–H groups in total. The number of carbonyl (C=O) groups excluding carboxylic acids is 1. The first kappa shape index (κ1) is 14.2. The maximum atomic E-state index is 11.0. The quantitative estimate of drug-likeness (QED) is 0.460. The van der Waals surface area contributed by atoms with Gasteiger partial charge in [0.2, 0.25) is 0 Å². The van der Waals surface area contributed by atoms with Crippen molar-refractivity contribution in [3.63, 3.8) is 0 Å². The fourth-order valence-electron chi connectivity index (χ4n) is 1.12. The van der Waals surface area contributed by atoms with Gasteiger partial charge in [0, 0.05) is 6.54 Å². The van der Waals surface area contributed by atoms with Crippen molar-refractivity contribution in [2.45, 2.75) is 52.4 Å². The van der Waals surface area contributed by atoms with E-state index in [1.807, 2.05) is 0 Å². The Morgan fingerprint density at radius 1 is 1.07 bits per heavy atom. The second-order valence-electron chi connectivity index (χ2n) is 3.60. The van der Waals surface area contributed by atoms with Gasteiger partial charge in [0.15, 0.2) is 0 Å². The summed E-state index contributed by atoms with van der Waals surface area (Å²) in [5, 5.41) is 0. The van der Waals surface area contributed by atoms with Crippen LogP contribution in [-0.2, 0) is 4.74 Å². The van der Waals surface area contributed by atoms with Gasteiger partial charge >= 0.3 is 6.09 Å². The number of hydrazine groups is 1. The highest BCUT2D eigenvalue weighted by molar-refractivity contribution is 5.66. The van der Waals surface area contributed by atoms with Crippen LogP contribution in [0.3, 0.4) is 0 Å². The maximum Gasteiger partial charge on any atom is 0.421 e. The zero-order valence-corrected chi connectivity index (χ0v) is 9.97. The zero-order chi connectivity index (χ0) is 11.4. The monoisotopic (exact) mass is 216 g/mol. The summed E-state index contributed by atoms with van der Waals surface area (Å²) in [7, 11) is 0. The van der Waals surface area contributed by atoms with Crippen LogP contribution in [0.25, 0.3) is 0 Å². The number of hydrogen-bond acceptors (Lipinski definition) is 3. The van der Waals surface area contributed by atoms with E-state index in [2.05, 4.69) is 24.7 Å². The van der Waals surface area contributed by atoms with E-state index < -0.39 is 0 Å². The third kappa shape index (κ3) is 11.2. The standard InChI is InChI=1S/C11H24N2O2/c1-3-5-7-8-9-12-13-11(14)15-10-6-4-2/h12H,3-10H2,1-2H3,(H,13,14). The van der Waals surface area contributed by atoms with Crippen molar-refractivity contribution in [3.8, 4) is 0 Å². The minimum atomic E-state index is -0.376. The molecule has 0 atom stereocenters. The van der Waals surface area contributed by atoms with E-state index in [-0.39, 0.29) is 6.09 Å². The van der Waals surface area contributed by atoms with E-state index in [1.54, 1.807) is 0 Å². The highest BCUT2D eigenvalue weighted by Gasteiger charge is 1.98. The molecule has 0 aromatic carbocycles. The van der Waals surface area contributed by atoms with E-state index >= 15 is 0 Å². The lowest BCUT2D eigenvalue weighted by atomic mass is 10.2. The van der Waals surface area contributed by atoms with E-state index in [1.165, 1.54) is 19.3 Å². The Balaban J connectivity index is 3.10. The summed E-state index contributed by atoms with van der Waals surface area (Å²) in [5.41, 5.74) is 5.35. The molecule has 0 aliphatic carbocycles. The van der Waals surface area contributed by atoms with E-state index in [0.29, 0.717) is 6.61 Å². The first-order valence-electron chi connectivity index (χ1n) is 5.96. The lowest BCUT2D eigenvalue weighted by Gasteiger charge is -2.07. The number of nitrogens with one attached hydrogen (secondary N) is 2. The van der Waals surface area contributed by atoms with E-state index in [9.17, 15) is 4.79 Å². The summed E-state index contributed by atoms with van der Waals surface area (Å²) >= 11 is 0. The minimum Gasteiger partial charge on any atom is -0.449 e. The molecule has 0 aliphatic heterocycles. The number of ether oxygens (including phenoxy) is 1. The molecule has 90 valence electrons. The van der Waals surface area contributed by atoms with Gasteiger partial charge in [-0.05, 0) is 12.8 Å². The third-order valence-electron chi connectivity index (χ3n) is 2.08. The van der Waals surface area contributed by atoms with Gasteiger partial charge in [0.05, 0.1) is 6.61 Å². The smallest absolute Gasteiger partial charge is 0.421 e. The lowest BCUT2D eigenvalue weighted by Crippen LogP contribution is -2.38. The fraction of sp³-hybridized carbons (Fsp3) is 0.909. The first-order valence-corrected chi connectivity index (χ1v) is 5.96. The Hall–Kier alpha value is -0.770. The van der Waals surface area contributed by atoms with Crippen molar-refractivity contribution in [2.24, 2.45) is 0 Å². The summed E-state index contributed by atoms with van der Waals surface area (Å²) in [5.74, 6) is 0. The van der Waals surface area contributed by atoms with Crippen LogP contribution in [-0.4, -0.2) is 19.2 Å². The van der Waals surface area contributed by atoms with Crippen LogP contribution in [0.5, 0.6) is 0 Å². The summed E-state index contributed by atoms with van der Waals surface area (Å²) in [6.07, 6.45) is 6.36. The molecule has 0 fully saturated rings. The van der Waals surface area contributed by atoms with Gasteiger partial charge in [-0.25, -0.2) is 10.2 Å². The molecule has 0 saturated heterocycles. The topological polar surface area (TPSA) is 50.4 Å². The summed E-state index contributed by atoms with van der Waals surface area (Å²) in [4.78, 5) is 11.0. The molecule has 4 heteroatoms. The van der Waals surface area contributed by atoms with Gasteiger partial charge in [-0.1, -0.05) is 39.5 Å². The Labute approximate surface area is 92.7 Å². The second-order valence-corrected chi connectivity index (χ2v) is 3.60. The second kappa shape index (κ2) is 11.3. The SMILES string of the molecule is CCCCCCNNC(=O)OCCCC. The van der Waals surface area contributed by atoms with Crippen LogP contribution in [0.2, 0.25) is 0 Å². The van der Waals surface area contributed by atoms with E-state index in [4.69, 9.17) is 4.74 Å². The maximum absolute atomic E-state index is 11.0. The van der Waals surface area contributed by atoms with Crippen LogP contribution in [0.4, 0.5) is 4.79 Å². The molecule has 0 radical (unpaired) electrons. The van der Waals surface area contributed by atoms with Crippen molar-refractivity contribution in [2.75, 3.05) is 13.2 Å². The van der Waals surface area contributed by atoms with Crippen molar-refractivity contribution >= 4 is 6.09 Å². The molecule has 0 spiro atoms. The average Bonchev–Trinajstić information content (AvgIpc) is 2.23. The van der Waals surface area contributed by atoms with Gasteiger partial charge in [-0.3, -0.25) is 5.43 Å². The predicted molar refractivity (Wildman–Crippen MR) is 61.5 cm³/mol. The molecule has 1 amide bonds. The Kier molecular flexibility index (Phi) is 10.7. The fourth-order valence-corrected chi connectivity index (χ4v) is 1.12. The molecule has 0 heterocycles. The highest BCUT2D eigenvalue weighted by Crippen LogP contribution is 1.96. The molecule has 4 nitrogen and oxygen atoms in total. The predicted octanol–water partition coefficient (Wildman–Crippen LogP) is 2.60. The average molecular weight is 216 g/mol. The minimum absolute atomic E-state index is 0.376. The number of unbranched alkanes of at least 4 members (excludes halogenated alkanes) is 4. The normalized spacial score (nSPS) is 10.0. The van der Waals surface area contributed by atoms with Crippen LogP contribution in [0.1, 0.15) is 52.4 Å². The number of hydrogen-bond donors (Lipinski definition) is 2. The third-order valence-corrected chi connectivity index (χ3v) is 2.08. The molecule has 0 aromatic heterocycles. The number of amides is 1. The van der Waals surface area contributed by atoms with Gasteiger partial charge in [0.25, 0.3) is 0 Å². The van der Waals surface area contributed by atoms with Crippen LogP contribution < -0.4 is 10.9 Å². The van der Waals surface area contributed by atoms with Crippen LogP contribution in [0, 0.1) is 0 Å². The van der Waals surface area contributed by atoms with Gasteiger partial charge in [-0.15, -0.1) is 0 Å². The Bertz CT molecular complexity index is 152. The molecular formula is C11H24N2O2. The van der Waals surface area contributed by atoms with E-state index in [0.717, 1.165) is 25.8 Å². The molecule has 0 rings (SSSR count). The largest absolute Gasteiger partial charge is 0.449 e. The number of carbonyl (C=O) groups is 1. The zero-order valence-electron chi connectivity index (χ0n) is 9.97. The van der Waals surface area contributed by atoms with Crippen molar-refractivity contribution < 1.29 is 9.53 Å². The molecule has 0 aliphatic rings. The van der Waals surface area contributed by atoms with Gasteiger partial charge in [0.1, 0.15) is 0 Å². The summed E-state index contributed by atoms with van der Waals surface area (Å²) in [6, 6.07) is 0. The first-order chi connectivity index (χ1) is 7.31. The molecular weight excluding hydrogens is 192 g/mol. The molecule has 0 saturated carbocycles. The van der Waals surface area contributed by atoms with Crippen LogP contribution in [0.15, 0.2) is 0 Å². The Morgan fingerprint density at radius 2 is 1.80 bits per heavy atom. The van der Waals surface area contributed by atoms with Crippen LogP contribution >= 0.6 is 0 Å². The highest BCUT2D eigenvalue weighted by atomic mass is 16.6. The Morgan fingerprint density at radius 3 is 2.47 bits per heavy atom. The van der Waals surface area contributed by atoms with Crippen molar-refractivity contribution in [3.05, 3.63) is 0 Å². The summed E-state index contributed by atoms with van der Waals surface area (Å²) in [6.45, 7) is 5.55. The van der Waals surface area contributed by atoms with Crippen molar-refractivity contribution in [1.29, 1.82) is 0 Å². The molecule has 0 unspecified atom stereocenters. The van der Waals surface area contributed by atoms with Crippen molar-refractivity contribution in [1.82, 2.24) is 10.9 Å². The lowest BCUT2D eigenvalue weighted by molar-refractivity contribution is 0.139. The molecule has 0 bridgehead atoms. The number of rotatable bonds is 9. The summed E-state index contributed by atoms with van der Waals surface area (Å²) < 4.78 is 4.90. The molecule has 0 aromatic rings. The molecule has 15 heavy (non-hydrogen) atoms. The van der Waals surface area contributed by atoms with Gasteiger partial charge in [-0.2, -0.15) is 0 Å². The van der Waals surface area contributed by atoms with Gasteiger partial charge < -0.3 is 4.74 Å².